The van der Waals surface area contributed by atoms with E-state index in [9.17, 15) is 14.7 Å². The van der Waals surface area contributed by atoms with E-state index in [1.807, 2.05) is 45.2 Å². The largest absolute Gasteiger partial charge is 0.506 e. The maximum Gasteiger partial charge on any atom is 0.254 e. The third-order valence-electron chi connectivity index (χ3n) is 4.81. The Kier molecular flexibility index (Phi) is 3.74. The number of amides is 2. The molecule has 0 aromatic heterocycles. The number of hydrogen-bond acceptors (Lipinski definition) is 4. The van der Waals surface area contributed by atoms with Crippen molar-refractivity contribution in [1.82, 2.24) is 5.01 Å². The van der Waals surface area contributed by atoms with Crippen LogP contribution in [0.1, 0.15) is 12.0 Å². The van der Waals surface area contributed by atoms with E-state index in [0.717, 1.165) is 17.0 Å². The lowest BCUT2D eigenvalue weighted by atomic mass is 9.85. The second-order valence-electron chi connectivity index (χ2n) is 6.07. The highest BCUT2D eigenvalue weighted by Crippen LogP contribution is 2.52. The first-order chi connectivity index (χ1) is 11.0. The number of carbonyl (C=O) groups is 2. The molecule has 1 aromatic rings. The Morgan fingerprint density at radius 1 is 1.09 bits per heavy atom. The molecule has 2 bridgehead atoms. The third-order valence-corrected chi connectivity index (χ3v) is 6.45. The summed E-state index contributed by atoms with van der Waals surface area (Å²) < 4.78 is 1.41. The van der Waals surface area contributed by atoms with Gasteiger partial charge in [-0.25, -0.2) is 0 Å². The van der Waals surface area contributed by atoms with Gasteiger partial charge < -0.3 is 5.11 Å². The topological polar surface area (TPSA) is 70.0 Å². The molecule has 2 fully saturated rings. The fraction of sp³-hybridized carbons (Fsp3) is 0.312. The summed E-state index contributed by atoms with van der Waals surface area (Å²) in [7, 11) is 0. The minimum atomic E-state index is -0.227. The molecule has 1 aromatic carbocycles. The summed E-state index contributed by atoms with van der Waals surface area (Å²) in [6, 6.07) is 3.53. The van der Waals surface area contributed by atoms with Crippen molar-refractivity contribution in [2.24, 2.45) is 28.8 Å². The van der Waals surface area contributed by atoms with Crippen LogP contribution in [0.4, 0.5) is 0 Å². The zero-order valence-corrected chi connectivity index (χ0v) is 16.1. The van der Waals surface area contributed by atoms with E-state index >= 15 is 0 Å². The first-order valence-electron chi connectivity index (χ1n) is 7.25. The molecule has 1 aliphatic heterocycles. The van der Waals surface area contributed by atoms with Gasteiger partial charge in [0.2, 0.25) is 0 Å². The highest BCUT2D eigenvalue weighted by Gasteiger charge is 2.59. The van der Waals surface area contributed by atoms with Crippen molar-refractivity contribution in [1.29, 1.82) is 0 Å². The van der Waals surface area contributed by atoms with Gasteiger partial charge >= 0.3 is 0 Å². The number of halogens is 2. The normalized spacial score (nSPS) is 31.7. The van der Waals surface area contributed by atoms with Gasteiger partial charge in [0.25, 0.3) is 11.8 Å². The number of phenolic OH excluding ortho intramolecular Hbond substituents is 1. The molecule has 1 saturated heterocycles. The SMILES string of the molecule is O=C1[C@@H]2[C@H](C(=O)N1/N=C\c1cc(I)c(O)c(I)c1)[C@H]1C=C[C@H]2C1. The highest BCUT2D eigenvalue weighted by atomic mass is 127. The van der Waals surface area contributed by atoms with E-state index in [-0.39, 0.29) is 41.2 Å². The van der Waals surface area contributed by atoms with Crippen LogP contribution in [-0.4, -0.2) is 28.1 Å². The number of nitrogens with zero attached hydrogens (tertiary/aromatic N) is 2. The average molecular weight is 534 g/mol. The Balaban J connectivity index is 1.60. The van der Waals surface area contributed by atoms with Gasteiger partial charge in [0.15, 0.2) is 0 Å². The van der Waals surface area contributed by atoms with E-state index in [4.69, 9.17) is 0 Å². The van der Waals surface area contributed by atoms with Crippen LogP contribution < -0.4 is 0 Å². The van der Waals surface area contributed by atoms with Crippen molar-refractivity contribution >= 4 is 63.2 Å². The Morgan fingerprint density at radius 2 is 1.61 bits per heavy atom. The van der Waals surface area contributed by atoms with Crippen LogP contribution in [0, 0.1) is 30.8 Å². The van der Waals surface area contributed by atoms with Crippen molar-refractivity contribution in [3.8, 4) is 5.75 Å². The smallest absolute Gasteiger partial charge is 0.254 e. The maximum atomic E-state index is 12.5. The van der Waals surface area contributed by atoms with Gasteiger partial charge in [0.1, 0.15) is 5.75 Å². The monoisotopic (exact) mass is 534 g/mol. The van der Waals surface area contributed by atoms with Crippen LogP contribution >= 0.6 is 45.2 Å². The minimum absolute atomic E-state index is 0.184. The van der Waals surface area contributed by atoms with Crippen molar-refractivity contribution < 1.29 is 14.7 Å². The number of rotatable bonds is 2. The van der Waals surface area contributed by atoms with Crippen molar-refractivity contribution in [3.05, 3.63) is 37.0 Å². The quantitative estimate of drug-likeness (QED) is 0.275. The summed E-state index contributed by atoms with van der Waals surface area (Å²) in [5.74, 6) is -0.208. The molecule has 118 valence electrons. The molecular formula is C16H12I2N2O3. The molecular weight excluding hydrogens is 522 g/mol. The molecule has 5 nitrogen and oxygen atoms in total. The third kappa shape index (κ3) is 2.34. The molecule has 2 aliphatic carbocycles. The van der Waals surface area contributed by atoms with Gasteiger partial charge in [-0.15, -0.1) is 0 Å². The predicted octanol–water partition coefficient (Wildman–Crippen LogP) is 2.74. The van der Waals surface area contributed by atoms with Crippen molar-refractivity contribution in [2.45, 2.75) is 6.42 Å². The number of fused-ring (bicyclic) bond motifs is 5. The molecule has 0 unspecified atom stereocenters. The molecule has 23 heavy (non-hydrogen) atoms. The van der Waals surface area contributed by atoms with Crippen LogP contribution in [0.5, 0.6) is 5.75 Å². The molecule has 4 rings (SSSR count). The van der Waals surface area contributed by atoms with E-state index in [0.29, 0.717) is 7.14 Å². The summed E-state index contributed by atoms with van der Waals surface area (Å²) in [5.41, 5.74) is 0.746. The number of phenols is 1. The average Bonchev–Trinajstić information content (AvgIpc) is 3.18. The van der Waals surface area contributed by atoms with Crippen LogP contribution in [0.3, 0.4) is 0 Å². The first kappa shape index (κ1) is 15.6. The second-order valence-corrected chi connectivity index (χ2v) is 8.39. The van der Waals surface area contributed by atoms with Gasteiger partial charge in [-0.2, -0.15) is 10.1 Å². The molecule has 4 atom stereocenters. The van der Waals surface area contributed by atoms with Gasteiger partial charge in [-0.3, -0.25) is 9.59 Å². The molecule has 1 N–H and O–H groups in total. The lowest BCUT2D eigenvalue weighted by Gasteiger charge is -2.13. The van der Waals surface area contributed by atoms with Crippen LogP contribution in [0.2, 0.25) is 0 Å². The maximum absolute atomic E-state index is 12.5. The van der Waals surface area contributed by atoms with E-state index in [1.165, 1.54) is 6.21 Å². The summed E-state index contributed by atoms with van der Waals surface area (Å²) in [4.78, 5) is 25.0. The first-order valence-corrected chi connectivity index (χ1v) is 9.41. The molecule has 2 amide bonds. The zero-order valence-electron chi connectivity index (χ0n) is 11.8. The molecule has 1 saturated carbocycles. The molecule has 0 spiro atoms. The van der Waals surface area contributed by atoms with Crippen molar-refractivity contribution in [3.63, 3.8) is 0 Å². The number of hydrogen-bond donors (Lipinski definition) is 1. The zero-order chi connectivity index (χ0) is 16.3. The fourth-order valence-corrected chi connectivity index (χ4v) is 5.60. The van der Waals surface area contributed by atoms with E-state index in [1.54, 1.807) is 12.1 Å². The van der Waals surface area contributed by atoms with E-state index in [2.05, 4.69) is 17.3 Å². The second kappa shape index (κ2) is 5.54. The number of benzene rings is 1. The number of hydrazone groups is 1. The Bertz CT molecular complexity index is 737. The number of allylic oxidation sites excluding steroid dienone is 2. The summed E-state index contributed by atoms with van der Waals surface area (Å²) in [5, 5.41) is 15.0. The lowest BCUT2D eigenvalue weighted by molar-refractivity contribution is -0.140. The van der Waals surface area contributed by atoms with Crippen molar-refractivity contribution in [2.75, 3.05) is 0 Å². The standard InChI is InChI=1S/C16H12I2N2O3/c17-10-3-7(4-11(18)14(10)21)6-19-20-15(22)12-8-1-2-9(5-8)13(12)16(20)23/h1-4,6,8-9,12-13,21H,5H2/b19-6-/t8-,9-,12-,13+/m0/s1. The summed E-state index contributed by atoms with van der Waals surface area (Å²) in [6.45, 7) is 0. The Morgan fingerprint density at radius 3 is 2.13 bits per heavy atom. The summed E-state index contributed by atoms with van der Waals surface area (Å²) in [6.07, 6.45) is 6.55. The van der Waals surface area contributed by atoms with Gasteiger partial charge in [0, 0.05) is 0 Å². The number of imide groups is 1. The molecule has 7 heteroatoms. The van der Waals surface area contributed by atoms with Crippen LogP contribution in [0.15, 0.2) is 29.4 Å². The Hall–Kier alpha value is -0.970. The molecule has 3 aliphatic rings. The van der Waals surface area contributed by atoms with Crippen LogP contribution in [-0.2, 0) is 9.59 Å². The fourth-order valence-electron chi connectivity index (χ4n) is 3.78. The van der Waals surface area contributed by atoms with Crippen LogP contribution in [0.25, 0.3) is 0 Å². The predicted molar refractivity (Wildman–Crippen MR) is 101 cm³/mol. The molecule has 0 radical (unpaired) electrons. The Labute approximate surface area is 160 Å². The van der Waals surface area contributed by atoms with Gasteiger partial charge in [-0.1, -0.05) is 12.2 Å². The summed E-state index contributed by atoms with van der Waals surface area (Å²) >= 11 is 4.07. The highest BCUT2D eigenvalue weighted by molar-refractivity contribution is 14.1. The number of aromatic hydroxyl groups is 1. The molecule has 1 heterocycles. The lowest BCUT2D eigenvalue weighted by Crippen LogP contribution is -2.28. The van der Waals surface area contributed by atoms with Gasteiger partial charge in [-0.05, 0) is 81.1 Å². The van der Waals surface area contributed by atoms with Gasteiger partial charge in [0.05, 0.1) is 25.2 Å². The van der Waals surface area contributed by atoms with E-state index < -0.39 is 0 Å². The minimum Gasteiger partial charge on any atom is -0.506 e. The number of carbonyl (C=O) groups excluding carboxylic acids is 2.